The van der Waals surface area contributed by atoms with E-state index in [1.54, 1.807) is 6.92 Å². The Labute approximate surface area is 121 Å². The molecule has 0 aromatic heterocycles. The standard InChI is InChI=1S/C12H11BrF3NO3/c1-11(19)5-17(6-11)10(18)8-4-7(13)2-3-9(8)20-12(14,15)16/h2-4,19H,5-6H2,1H3. The molecule has 1 heterocycles. The number of carbonyl (C=O) groups is 1. The van der Waals surface area contributed by atoms with Crippen LogP contribution in [0, 0.1) is 0 Å². The van der Waals surface area contributed by atoms with Crippen LogP contribution in [0.2, 0.25) is 0 Å². The maximum absolute atomic E-state index is 12.3. The Hall–Kier alpha value is -1.28. The van der Waals surface area contributed by atoms with Gasteiger partial charge in [-0.25, -0.2) is 0 Å². The SMILES string of the molecule is CC1(O)CN(C(=O)c2cc(Br)ccc2OC(F)(F)F)C1. The monoisotopic (exact) mass is 353 g/mol. The van der Waals surface area contributed by atoms with Crippen LogP contribution < -0.4 is 4.74 Å². The van der Waals surface area contributed by atoms with Crippen LogP contribution in [0.3, 0.4) is 0 Å². The van der Waals surface area contributed by atoms with Gasteiger partial charge in [0.25, 0.3) is 5.91 Å². The lowest BCUT2D eigenvalue weighted by molar-refractivity contribution is -0.274. The Morgan fingerprint density at radius 3 is 2.55 bits per heavy atom. The smallest absolute Gasteiger partial charge is 0.405 e. The van der Waals surface area contributed by atoms with Crippen LogP contribution in [-0.2, 0) is 0 Å². The van der Waals surface area contributed by atoms with Crippen LogP contribution in [0.25, 0.3) is 0 Å². The summed E-state index contributed by atoms with van der Waals surface area (Å²) in [5.74, 6) is -1.17. The maximum Gasteiger partial charge on any atom is 0.573 e. The Morgan fingerprint density at radius 2 is 2.05 bits per heavy atom. The quantitative estimate of drug-likeness (QED) is 0.888. The third-order valence-corrected chi connectivity index (χ3v) is 3.24. The van der Waals surface area contributed by atoms with Crippen molar-refractivity contribution in [3.05, 3.63) is 28.2 Å². The number of nitrogens with zero attached hydrogens (tertiary/aromatic N) is 1. The third kappa shape index (κ3) is 3.43. The molecule has 1 aromatic rings. The molecule has 0 atom stereocenters. The molecule has 1 N–H and O–H groups in total. The summed E-state index contributed by atoms with van der Waals surface area (Å²) in [4.78, 5) is 13.4. The fraction of sp³-hybridized carbons (Fsp3) is 0.417. The van der Waals surface area contributed by atoms with E-state index < -0.39 is 23.6 Å². The van der Waals surface area contributed by atoms with Crippen molar-refractivity contribution in [1.82, 2.24) is 4.90 Å². The molecular formula is C12H11BrF3NO3. The van der Waals surface area contributed by atoms with Gasteiger partial charge >= 0.3 is 6.36 Å². The van der Waals surface area contributed by atoms with Gasteiger partial charge in [-0.1, -0.05) is 15.9 Å². The van der Waals surface area contributed by atoms with Crippen molar-refractivity contribution < 1.29 is 27.8 Å². The normalized spacial score (nSPS) is 17.6. The van der Waals surface area contributed by atoms with Crippen LogP contribution in [0.1, 0.15) is 17.3 Å². The molecule has 1 aliphatic rings. The highest BCUT2D eigenvalue weighted by Gasteiger charge is 2.41. The van der Waals surface area contributed by atoms with Crippen LogP contribution in [0.15, 0.2) is 22.7 Å². The van der Waals surface area contributed by atoms with Crippen molar-refractivity contribution in [2.75, 3.05) is 13.1 Å². The number of aliphatic hydroxyl groups is 1. The predicted octanol–water partition coefficient (Wildman–Crippen LogP) is 2.55. The lowest BCUT2D eigenvalue weighted by Gasteiger charge is -2.44. The highest BCUT2D eigenvalue weighted by Crippen LogP contribution is 2.31. The lowest BCUT2D eigenvalue weighted by atomic mass is 9.96. The minimum Gasteiger partial charge on any atom is -0.405 e. The molecular weight excluding hydrogens is 343 g/mol. The Balaban J connectivity index is 2.26. The second-order valence-corrected chi connectivity index (χ2v) is 5.76. The van der Waals surface area contributed by atoms with E-state index in [0.29, 0.717) is 4.47 Å². The van der Waals surface area contributed by atoms with Gasteiger partial charge in [-0.15, -0.1) is 13.2 Å². The molecule has 1 aliphatic heterocycles. The average molecular weight is 354 g/mol. The number of benzene rings is 1. The molecule has 1 aromatic carbocycles. The summed E-state index contributed by atoms with van der Waals surface area (Å²) in [6, 6.07) is 3.68. The van der Waals surface area contributed by atoms with Gasteiger partial charge < -0.3 is 14.7 Å². The summed E-state index contributed by atoms with van der Waals surface area (Å²) in [6.45, 7) is 1.69. The zero-order valence-corrected chi connectivity index (χ0v) is 12.0. The largest absolute Gasteiger partial charge is 0.573 e. The van der Waals surface area contributed by atoms with Crippen molar-refractivity contribution in [2.24, 2.45) is 0 Å². The summed E-state index contributed by atoms with van der Waals surface area (Å²) in [5, 5.41) is 9.58. The van der Waals surface area contributed by atoms with Gasteiger partial charge in [0.05, 0.1) is 24.3 Å². The van der Waals surface area contributed by atoms with E-state index in [2.05, 4.69) is 20.7 Å². The van der Waals surface area contributed by atoms with Crippen LogP contribution in [0.5, 0.6) is 5.75 Å². The first-order chi connectivity index (χ1) is 9.07. The number of hydrogen-bond acceptors (Lipinski definition) is 3. The molecule has 0 saturated carbocycles. The van der Waals surface area contributed by atoms with Gasteiger partial charge in [0, 0.05) is 4.47 Å². The predicted molar refractivity (Wildman–Crippen MR) is 67.4 cm³/mol. The van der Waals surface area contributed by atoms with Gasteiger partial charge in [-0.3, -0.25) is 4.79 Å². The maximum atomic E-state index is 12.3. The number of carbonyl (C=O) groups excluding carboxylic acids is 1. The summed E-state index contributed by atoms with van der Waals surface area (Å²) >= 11 is 3.10. The van der Waals surface area contributed by atoms with Crippen molar-refractivity contribution >= 4 is 21.8 Å². The molecule has 20 heavy (non-hydrogen) atoms. The number of rotatable bonds is 2. The van der Waals surface area contributed by atoms with Crippen LogP contribution in [-0.4, -0.2) is 41.0 Å². The number of β-amino-alcohol motifs (C(OH)–C–C–N with tert-alkyl or cyclic N) is 1. The molecule has 0 radical (unpaired) electrons. The van der Waals surface area contributed by atoms with Crippen LogP contribution in [0.4, 0.5) is 13.2 Å². The van der Waals surface area contributed by atoms with Crippen molar-refractivity contribution in [3.63, 3.8) is 0 Å². The molecule has 2 rings (SSSR count). The fourth-order valence-corrected chi connectivity index (χ4v) is 2.33. The van der Waals surface area contributed by atoms with Gasteiger partial charge in [-0.2, -0.15) is 0 Å². The van der Waals surface area contributed by atoms with Gasteiger partial charge in [-0.05, 0) is 25.1 Å². The second-order valence-electron chi connectivity index (χ2n) is 4.85. The zero-order valence-electron chi connectivity index (χ0n) is 10.4. The van der Waals surface area contributed by atoms with Crippen molar-refractivity contribution in [1.29, 1.82) is 0 Å². The average Bonchev–Trinajstić information content (AvgIpc) is 2.25. The first-order valence-corrected chi connectivity index (χ1v) is 6.44. The van der Waals surface area contributed by atoms with Gasteiger partial charge in [0.15, 0.2) is 0 Å². The van der Waals surface area contributed by atoms with E-state index in [1.807, 2.05) is 0 Å². The van der Waals surface area contributed by atoms with E-state index in [4.69, 9.17) is 0 Å². The molecule has 1 saturated heterocycles. The fourth-order valence-electron chi connectivity index (χ4n) is 1.97. The summed E-state index contributed by atoms with van der Waals surface area (Å²) in [5.41, 5.74) is -1.19. The molecule has 0 bridgehead atoms. The lowest BCUT2D eigenvalue weighted by Crippen LogP contribution is -2.61. The number of alkyl halides is 3. The summed E-state index contributed by atoms with van der Waals surface area (Å²) in [7, 11) is 0. The minimum absolute atomic E-state index is 0.0732. The molecule has 0 unspecified atom stereocenters. The zero-order chi connectivity index (χ0) is 15.1. The van der Waals surface area contributed by atoms with Crippen LogP contribution >= 0.6 is 15.9 Å². The first kappa shape index (κ1) is 15.1. The number of hydrogen-bond donors (Lipinski definition) is 1. The van der Waals surface area contributed by atoms with E-state index in [1.165, 1.54) is 17.0 Å². The first-order valence-electron chi connectivity index (χ1n) is 5.64. The molecule has 1 fully saturated rings. The van der Waals surface area contributed by atoms with Gasteiger partial charge in [0.2, 0.25) is 0 Å². The highest BCUT2D eigenvalue weighted by atomic mass is 79.9. The number of amides is 1. The summed E-state index contributed by atoms with van der Waals surface area (Å²) < 4.78 is 41.2. The Kier molecular flexibility index (Phi) is 3.72. The number of ether oxygens (including phenoxy) is 1. The molecule has 8 heteroatoms. The third-order valence-electron chi connectivity index (χ3n) is 2.75. The van der Waals surface area contributed by atoms with Crippen molar-refractivity contribution in [3.8, 4) is 5.75 Å². The Bertz CT molecular complexity index is 537. The highest BCUT2D eigenvalue weighted by molar-refractivity contribution is 9.10. The van der Waals surface area contributed by atoms with Crippen molar-refractivity contribution in [2.45, 2.75) is 18.9 Å². The molecule has 1 amide bonds. The van der Waals surface area contributed by atoms with E-state index in [0.717, 1.165) is 6.07 Å². The van der Waals surface area contributed by atoms with Gasteiger partial charge in [0.1, 0.15) is 5.75 Å². The Morgan fingerprint density at radius 1 is 1.45 bits per heavy atom. The van der Waals surface area contributed by atoms with E-state index >= 15 is 0 Å². The number of likely N-dealkylation sites (tertiary alicyclic amines) is 1. The van der Waals surface area contributed by atoms with E-state index in [9.17, 15) is 23.1 Å². The topological polar surface area (TPSA) is 49.8 Å². The van der Waals surface area contributed by atoms with E-state index in [-0.39, 0.29) is 18.7 Å². The minimum atomic E-state index is -4.87. The molecule has 110 valence electrons. The molecule has 4 nitrogen and oxygen atoms in total. The second kappa shape index (κ2) is 4.92. The molecule has 0 aliphatic carbocycles. The number of halogens is 4. The molecule has 0 spiro atoms. The summed E-state index contributed by atoms with van der Waals surface area (Å²) in [6.07, 6.45) is -4.87.